The first kappa shape index (κ1) is 12.6. The van der Waals surface area contributed by atoms with Crippen molar-refractivity contribution >= 4 is 11.9 Å². The number of carboxylic acid groups (broad SMARTS) is 1. The molecule has 1 saturated carbocycles. The van der Waals surface area contributed by atoms with E-state index < -0.39 is 11.9 Å². The summed E-state index contributed by atoms with van der Waals surface area (Å²) in [5.41, 5.74) is 6.62. The van der Waals surface area contributed by atoms with Crippen LogP contribution in [0.2, 0.25) is 0 Å². The standard InChI is InChI=1S/C14H17NO3/c15-13(16)11-6-10(7-12(8-11)14(17)18)9-4-2-1-3-5-9/h6-9H,1-5H2,(H2,15,16)(H,17,18). The summed E-state index contributed by atoms with van der Waals surface area (Å²) in [7, 11) is 0. The Balaban J connectivity index is 2.38. The van der Waals surface area contributed by atoms with E-state index in [1.54, 1.807) is 12.1 Å². The molecule has 3 N–H and O–H groups in total. The van der Waals surface area contributed by atoms with Gasteiger partial charge in [0.05, 0.1) is 5.56 Å². The molecule has 1 aromatic rings. The van der Waals surface area contributed by atoms with Crippen LogP contribution in [0.25, 0.3) is 0 Å². The largest absolute Gasteiger partial charge is 0.478 e. The summed E-state index contributed by atoms with van der Waals surface area (Å²) in [4.78, 5) is 22.3. The zero-order valence-electron chi connectivity index (χ0n) is 10.2. The molecular formula is C14H17NO3. The smallest absolute Gasteiger partial charge is 0.335 e. The van der Waals surface area contributed by atoms with E-state index in [2.05, 4.69) is 0 Å². The van der Waals surface area contributed by atoms with Gasteiger partial charge < -0.3 is 10.8 Å². The Hall–Kier alpha value is -1.84. The number of amides is 1. The van der Waals surface area contributed by atoms with Crippen LogP contribution in [-0.4, -0.2) is 17.0 Å². The highest BCUT2D eigenvalue weighted by molar-refractivity contribution is 5.96. The third-order valence-corrected chi connectivity index (χ3v) is 3.56. The van der Waals surface area contributed by atoms with E-state index in [1.807, 2.05) is 0 Å². The van der Waals surface area contributed by atoms with Gasteiger partial charge in [-0.05, 0) is 42.5 Å². The van der Waals surface area contributed by atoms with Crippen LogP contribution in [0.5, 0.6) is 0 Å². The summed E-state index contributed by atoms with van der Waals surface area (Å²) in [5.74, 6) is -1.23. The molecule has 1 aliphatic rings. The fourth-order valence-corrected chi connectivity index (χ4v) is 2.59. The van der Waals surface area contributed by atoms with Gasteiger partial charge in [-0.2, -0.15) is 0 Å². The zero-order valence-corrected chi connectivity index (χ0v) is 10.2. The van der Waals surface area contributed by atoms with Crippen LogP contribution in [0, 0.1) is 0 Å². The Labute approximate surface area is 106 Å². The quantitative estimate of drug-likeness (QED) is 0.861. The van der Waals surface area contributed by atoms with Gasteiger partial charge in [-0.25, -0.2) is 4.79 Å². The third kappa shape index (κ3) is 2.70. The molecule has 1 aliphatic carbocycles. The van der Waals surface area contributed by atoms with E-state index in [4.69, 9.17) is 10.8 Å². The monoisotopic (exact) mass is 247 g/mol. The highest BCUT2D eigenvalue weighted by Crippen LogP contribution is 2.33. The van der Waals surface area contributed by atoms with Crippen molar-refractivity contribution in [3.8, 4) is 0 Å². The molecule has 96 valence electrons. The molecule has 1 amide bonds. The molecule has 0 spiro atoms. The molecule has 0 atom stereocenters. The Bertz CT molecular complexity index is 444. The van der Waals surface area contributed by atoms with Crippen LogP contribution >= 0.6 is 0 Å². The van der Waals surface area contributed by atoms with E-state index in [-0.39, 0.29) is 11.1 Å². The molecule has 0 saturated heterocycles. The minimum atomic E-state index is -1.02. The van der Waals surface area contributed by atoms with E-state index in [0.717, 1.165) is 31.2 Å². The lowest BCUT2D eigenvalue weighted by Crippen LogP contribution is -2.14. The fraction of sp³-hybridized carbons (Fsp3) is 0.429. The summed E-state index contributed by atoms with van der Waals surface area (Å²) >= 11 is 0. The van der Waals surface area contributed by atoms with Crippen molar-refractivity contribution in [1.29, 1.82) is 0 Å². The van der Waals surface area contributed by atoms with E-state index in [0.29, 0.717) is 5.92 Å². The Morgan fingerprint density at radius 1 is 1.06 bits per heavy atom. The number of carboxylic acids is 1. The predicted molar refractivity (Wildman–Crippen MR) is 67.7 cm³/mol. The first-order valence-corrected chi connectivity index (χ1v) is 6.26. The van der Waals surface area contributed by atoms with Crippen LogP contribution in [0.15, 0.2) is 18.2 Å². The Morgan fingerprint density at radius 2 is 1.67 bits per heavy atom. The molecular weight excluding hydrogens is 230 g/mol. The van der Waals surface area contributed by atoms with Crippen molar-refractivity contribution in [2.75, 3.05) is 0 Å². The maximum Gasteiger partial charge on any atom is 0.335 e. The lowest BCUT2D eigenvalue weighted by Gasteiger charge is -2.22. The summed E-state index contributed by atoms with van der Waals surface area (Å²) < 4.78 is 0. The Morgan fingerprint density at radius 3 is 2.22 bits per heavy atom. The van der Waals surface area contributed by atoms with Gasteiger partial charge in [0.2, 0.25) is 5.91 Å². The van der Waals surface area contributed by atoms with Crippen molar-refractivity contribution in [3.63, 3.8) is 0 Å². The van der Waals surface area contributed by atoms with E-state index in [9.17, 15) is 9.59 Å². The number of primary amides is 1. The van der Waals surface area contributed by atoms with Gasteiger partial charge in [0, 0.05) is 5.56 Å². The number of hydrogen-bond donors (Lipinski definition) is 2. The number of benzene rings is 1. The van der Waals surface area contributed by atoms with Gasteiger partial charge in [-0.3, -0.25) is 4.79 Å². The molecule has 4 nitrogen and oxygen atoms in total. The molecule has 2 rings (SSSR count). The summed E-state index contributed by atoms with van der Waals surface area (Å²) in [5, 5.41) is 9.06. The van der Waals surface area contributed by atoms with Crippen molar-refractivity contribution in [1.82, 2.24) is 0 Å². The molecule has 1 aromatic carbocycles. The van der Waals surface area contributed by atoms with Crippen molar-refractivity contribution in [2.24, 2.45) is 5.73 Å². The number of nitrogens with two attached hydrogens (primary N) is 1. The van der Waals surface area contributed by atoms with Gasteiger partial charge in [0.1, 0.15) is 0 Å². The lowest BCUT2D eigenvalue weighted by atomic mass is 9.83. The minimum Gasteiger partial charge on any atom is -0.478 e. The first-order valence-electron chi connectivity index (χ1n) is 6.26. The second-order valence-electron chi connectivity index (χ2n) is 4.85. The molecule has 1 fully saturated rings. The van der Waals surface area contributed by atoms with Crippen LogP contribution in [0.4, 0.5) is 0 Å². The van der Waals surface area contributed by atoms with E-state index in [1.165, 1.54) is 12.5 Å². The summed E-state index contributed by atoms with van der Waals surface area (Å²) in [6.45, 7) is 0. The second kappa shape index (κ2) is 5.21. The zero-order chi connectivity index (χ0) is 13.1. The molecule has 0 aromatic heterocycles. The predicted octanol–water partition coefficient (Wildman–Crippen LogP) is 2.53. The lowest BCUT2D eigenvalue weighted by molar-refractivity contribution is 0.0696. The summed E-state index contributed by atoms with van der Waals surface area (Å²) in [6.07, 6.45) is 5.67. The number of aromatic carboxylic acids is 1. The van der Waals surface area contributed by atoms with Gasteiger partial charge in [-0.15, -0.1) is 0 Å². The number of carbonyl (C=O) groups is 2. The molecule has 0 radical (unpaired) electrons. The van der Waals surface area contributed by atoms with Crippen molar-refractivity contribution < 1.29 is 14.7 Å². The molecule has 0 bridgehead atoms. The number of hydrogen-bond acceptors (Lipinski definition) is 2. The molecule has 0 unspecified atom stereocenters. The van der Waals surface area contributed by atoms with E-state index >= 15 is 0 Å². The SMILES string of the molecule is NC(=O)c1cc(C(=O)O)cc(C2CCCCC2)c1. The van der Waals surface area contributed by atoms with Gasteiger partial charge in [-0.1, -0.05) is 19.3 Å². The molecule has 4 heteroatoms. The number of rotatable bonds is 3. The highest BCUT2D eigenvalue weighted by Gasteiger charge is 2.19. The van der Waals surface area contributed by atoms with Gasteiger partial charge in [0.25, 0.3) is 0 Å². The van der Waals surface area contributed by atoms with Gasteiger partial charge >= 0.3 is 5.97 Å². The van der Waals surface area contributed by atoms with Crippen LogP contribution in [0.1, 0.15) is 64.3 Å². The summed E-state index contributed by atoms with van der Waals surface area (Å²) in [6, 6.07) is 4.76. The molecule has 18 heavy (non-hydrogen) atoms. The van der Waals surface area contributed by atoms with Crippen LogP contribution < -0.4 is 5.73 Å². The maximum absolute atomic E-state index is 11.2. The normalized spacial score (nSPS) is 16.4. The van der Waals surface area contributed by atoms with Crippen LogP contribution in [-0.2, 0) is 0 Å². The van der Waals surface area contributed by atoms with Crippen molar-refractivity contribution in [3.05, 3.63) is 34.9 Å². The number of carbonyl (C=O) groups excluding carboxylic acids is 1. The van der Waals surface area contributed by atoms with Crippen LogP contribution in [0.3, 0.4) is 0 Å². The molecule has 0 aliphatic heterocycles. The second-order valence-corrected chi connectivity index (χ2v) is 4.85. The highest BCUT2D eigenvalue weighted by atomic mass is 16.4. The average molecular weight is 247 g/mol. The van der Waals surface area contributed by atoms with Crippen molar-refractivity contribution in [2.45, 2.75) is 38.0 Å². The fourth-order valence-electron chi connectivity index (χ4n) is 2.59. The Kier molecular flexibility index (Phi) is 3.65. The maximum atomic E-state index is 11.2. The van der Waals surface area contributed by atoms with Gasteiger partial charge in [0.15, 0.2) is 0 Å². The first-order chi connectivity index (χ1) is 8.58. The third-order valence-electron chi connectivity index (χ3n) is 3.56. The molecule has 0 heterocycles. The minimum absolute atomic E-state index is 0.145. The average Bonchev–Trinajstić information content (AvgIpc) is 2.39. The topological polar surface area (TPSA) is 80.4 Å².